The van der Waals surface area contributed by atoms with Gasteiger partial charge in [-0.3, -0.25) is 9.63 Å². The summed E-state index contributed by atoms with van der Waals surface area (Å²) < 4.78 is 29.3. The number of benzene rings is 1. The molecule has 1 aromatic heterocycles. The third-order valence-corrected chi connectivity index (χ3v) is 4.01. The highest BCUT2D eigenvalue weighted by Crippen LogP contribution is 2.27. The predicted molar refractivity (Wildman–Crippen MR) is 101 cm³/mol. The van der Waals surface area contributed by atoms with E-state index in [1.807, 2.05) is 5.48 Å². The third-order valence-electron chi connectivity index (χ3n) is 3.57. The highest BCUT2D eigenvalue weighted by Gasteiger charge is 2.22. The summed E-state index contributed by atoms with van der Waals surface area (Å²) in [6, 6.07) is 2.88. The van der Waals surface area contributed by atoms with Crippen LogP contribution < -0.4 is 16.3 Å². The number of hydrogen-bond donors (Lipinski definition) is 4. The minimum atomic E-state index is -1.24. The van der Waals surface area contributed by atoms with Crippen LogP contribution in [0.1, 0.15) is 15.9 Å². The molecule has 7 nitrogen and oxygen atoms in total. The van der Waals surface area contributed by atoms with Crippen LogP contribution in [0, 0.1) is 18.6 Å². The van der Waals surface area contributed by atoms with Crippen LogP contribution in [0.4, 0.5) is 20.3 Å². The molecule has 0 aliphatic carbocycles. The van der Waals surface area contributed by atoms with Crippen molar-refractivity contribution in [3.05, 3.63) is 45.6 Å². The van der Waals surface area contributed by atoms with Crippen molar-refractivity contribution < 1.29 is 28.6 Å². The van der Waals surface area contributed by atoms with E-state index in [1.165, 1.54) is 14.0 Å². The fraction of sp³-hybridized carbons (Fsp3) is 0.250. The number of halogens is 3. The fourth-order valence-corrected chi connectivity index (χ4v) is 2.60. The summed E-state index contributed by atoms with van der Waals surface area (Å²) in [5.74, 6) is -2.95. The lowest BCUT2D eigenvalue weighted by Crippen LogP contribution is -2.31. The molecular formula is C16H17BBrF2N3O4. The molecule has 0 spiro atoms. The molecule has 1 amide bonds. The Kier molecular flexibility index (Phi) is 7.25. The van der Waals surface area contributed by atoms with Gasteiger partial charge < -0.3 is 15.5 Å². The van der Waals surface area contributed by atoms with Crippen molar-refractivity contribution in [3.63, 3.8) is 0 Å². The van der Waals surface area contributed by atoms with E-state index in [0.29, 0.717) is 10.0 Å². The third kappa shape index (κ3) is 5.22. The van der Waals surface area contributed by atoms with Gasteiger partial charge in [-0.05, 0) is 39.9 Å². The van der Waals surface area contributed by atoms with Gasteiger partial charge in [-0.2, -0.15) is 0 Å². The Balaban J connectivity index is 2.34. The van der Waals surface area contributed by atoms with Crippen LogP contribution in [0.5, 0.6) is 0 Å². The Labute approximate surface area is 163 Å². The van der Waals surface area contributed by atoms with E-state index in [-0.39, 0.29) is 23.5 Å². The van der Waals surface area contributed by atoms with Crippen LogP contribution in [0.15, 0.2) is 22.8 Å². The topological polar surface area (TPSA) is 104 Å². The summed E-state index contributed by atoms with van der Waals surface area (Å²) in [5, 5.41) is 20.6. The first kappa shape index (κ1) is 21.2. The molecule has 1 atom stereocenters. The highest BCUT2D eigenvalue weighted by molar-refractivity contribution is 9.10. The van der Waals surface area contributed by atoms with Crippen LogP contribution >= 0.6 is 15.9 Å². The van der Waals surface area contributed by atoms with E-state index < -0.39 is 35.9 Å². The van der Waals surface area contributed by atoms with Gasteiger partial charge in [0.2, 0.25) is 0 Å². The van der Waals surface area contributed by atoms with Crippen molar-refractivity contribution in [1.82, 2.24) is 10.5 Å². The molecule has 2 aromatic rings. The zero-order valence-corrected chi connectivity index (χ0v) is 16.1. The Morgan fingerprint density at radius 1 is 1.41 bits per heavy atom. The van der Waals surface area contributed by atoms with Crippen molar-refractivity contribution >= 4 is 46.7 Å². The van der Waals surface area contributed by atoms with Crippen LogP contribution in [0.25, 0.3) is 0 Å². The smallest absolute Gasteiger partial charge is 0.277 e. The molecule has 0 radical (unpaired) electrons. The first-order chi connectivity index (χ1) is 12.7. The van der Waals surface area contributed by atoms with Gasteiger partial charge in [-0.25, -0.2) is 19.2 Å². The number of aryl methyl sites for hydroxylation is 1. The average molecular weight is 444 g/mol. The van der Waals surface area contributed by atoms with Gasteiger partial charge in [0.1, 0.15) is 26.4 Å². The SMILES string of the molecule is Bc1cc(C(=O)NOC[C@H](O)CO)c(Nc2ncc(Br)cc2C)c(F)c1F. The number of nitrogens with zero attached hydrogens (tertiary/aromatic N) is 1. The van der Waals surface area contributed by atoms with Crippen LogP contribution in [-0.4, -0.2) is 48.3 Å². The minimum absolute atomic E-state index is 0.0703. The number of pyridine rings is 1. The molecule has 144 valence electrons. The first-order valence-corrected chi connectivity index (χ1v) is 8.62. The number of carbonyl (C=O) groups is 1. The lowest BCUT2D eigenvalue weighted by molar-refractivity contribution is -0.0295. The second-order valence-electron chi connectivity index (χ2n) is 5.77. The molecule has 1 aromatic carbocycles. The van der Waals surface area contributed by atoms with Crippen LogP contribution in [0.2, 0.25) is 0 Å². The monoisotopic (exact) mass is 443 g/mol. The standard InChI is InChI=1S/C16H17BBrF2N3O4/c1-7-2-8(18)4-21-15(7)22-14-10(3-11(17)12(19)13(14)20)16(26)23-27-6-9(25)5-24/h2-4,9,24-25H,5-6,17H2,1H3,(H,21,22)(H,23,26)/t9-/m1/s1. The van der Waals surface area contributed by atoms with E-state index >= 15 is 0 Å². The maximum absolute atomic E-state index is 14.5. The summed E-state index contributed by atoms with van der Waals surface area (Å²) in [6.45, 7) is 0.782. The molecule has 0 unspecified atom stereocenters. The molecule has 27 heavy (non-hydrogen) atoms. The zero-order chi connectivity index (χ0) is 20.1. The molecule has 0 aliphatic heterocycles. The number of carbonyl (C=O) groups excluding carboxylic acids is 1. The first-order valence-electron chi connectivity index (χ1n) is 7.83. The predicted octanol–water partition coefficient (Wildman–Crippen LogP) is 0.447. The lowest BCUT2D eigenvalue weighted by Gasteiger charge is -2.16. The van der Waals surface area contributed by atoms with E-state index in [0.717, 1.165) is 6.07 Å². The summed E-state index contributed by atoms with van der Waals surface area (Å²) in [5.41, 5.74) is 1.97. The van der Waals surface area contributed by atoms with E-state index in [2.05, 4.69) is 26.2 Å². The van der Waals surface area contributed by atoms with E-state index in [4.69, 9.17) is 9.94 Å². The number of amides is 1. The maximum atomic E-state index is 14.5. The normalized spacial score (nSPS) is 11.9. The molecule has 0 aliphatic rings. The van der Waals surface area contributed by atoms with Crippen molar-refractivity contribution in [2.24, 2.45) is 0 Å². The fourth-order valence-electron chi connectivity index (χ4n) is 2.16. The van der Waals surface area contributed by atoms with Crippen molar-refractivity contribution in [2.75, 3.05) is 18.5 Å². The summed E-state index contributed by atoms with van der Waals surface area (Å²) in [4.78, 5) is 21.2. The van der Waals surface area contributed by atoms with E-state index in [1.54, 1.807) is 13.0 Å². The maximum Gasteiger partial charge on any atom is 0.277 e. The summed E-state index contributed by atoms with van der Waals surface area (Å²) >= 11 is 3.26. The van der Waals surface area contributed by atoms with E-state index in [9.17, 15) is 18.7 Å². The Morgan fingerprint density at radius 3 is 2.74 bits per heavy atom. The molecular weight excluding hydrogens is 427 g/mol. The second-order valence-corrected chi connectivity index (χ2v) is 6.68. The molecule has 11 heteroatoms. The zero-order valence-electron chi connectivity index (χ0n) is 14.5. The van der Waals surface area contributed by atoms with Gasteiger partial charge >= 0.3 is 0 Å². The van der Waals surface area contributed by atoms with Crippen molar-refractivity contribution in [2.45, 2.75) is 13.0 Å². The number of nitrogens with one attached hydrogen (secondary N) is 2. The highest BCUT2D eigenvalue weighted by atomic mass is 79.9. The molecule has 0 bridgehead atoms. The Morgan fingerprint density at radius 2 is 2.11 bits per heavy atom. The van der Waals surface area contributed by atoms with Crippen molar-refractivity contribution in [1.29, 1.82) is 0 Å². The lowest BCUT2D eigenvalue weighted by atomic mass is 9.92. The minimum Gasteiger partial charge on any atom is -0.394 e. The number of hydroxylamine groups is 1. The van der Waals surface area contributed by atoms with Gasteiger partial charge in [0.05, 0.1) is 17.9 Å². The number of anilines is 2. The Bertz CT molecular complexity index is 857. The van der Waals surface area contributed by atoms with Crippen LogP contribution in [-0.2, 0) is 4.84 Å². The number of aliphatic hydroxyl groups excluding tert-OH is 2. The average Bonchev–Trinajstić information content (AvgIpc) is 2.63. The molecule has 0 saturated heterocycles. The quantitative estimate of drug-likeness (QED) is 0.366. The number of rotatable bonds is 7. The molecule has 2 rings (SSSR count). The van der Waals surface area contributed by atoms with Gasteiger partial charge in [0.25, 0.3) is 5.91 Å². The molecule has 1 heterocycles. The number of aromatic nitrogens is 1. The second kappa shape index (κ2) is 9.22. The summed E-state index contributed by atoms with van der Waals surface area (Å²) in [7, 11) is 1.32. The summed E-state index contributed by atoms with van der Waals surface area (Å²) in [6.07, 6.45) is 0.279. The molecule has 4 N–H and O–H groups in total. The van der Waals surface area contributed by atoms with Crippen LogP contribution in [0.3, 0.4) is 0 Å². The van der Waals surface area contributed by atoms with Gasteiger partial charge in [0, 0.05) is 10.7 Å². The largest absolute Gasteiger partial charge is 0.394 e. The van der Waals surface area contributed by atoms with Gasteiger partial charge in [-0.15, -0.1) is 0 Å². The molecule has 0 fully saturated rings. The van der Waals surface area contributed by atoms with Crippen molar-refractivity contribution in [3.8, 4) is 0 Å². The molecule has 0 saturated carbocycles. The van der Waals surface area contributed by atoms with Gasteiger partial charge in [0.15, 0.2) is 11.6 Å². The van der Waals surface area contributed by atoms with Gasteiger partial charge in [-0.1, -0.05) is 6.07 Å². The Hall–Kier alpha value is -2.08. The number of hydrogen-bond acceptors (Lipinski definition) is 6. The number of aliphatic hydroxyl groups is 2.